The summed E-state index contributed by atoms with van der Waals surface area (Å²) >= 11 is 0. The lowest BCUT2D eigenvalue weighted by Gasteiger charge is -2.42. The second-order valence-corrected chi connectivity index (χ2v) is 6.09. The summed E-state index contributed by atoms with van der Waals surface area (Å²) in [5.74, 6) is -4.07. The molecule has 138 valence electrons. The van der Waals surface area contributed by atoms with Gasteiger partial charge in [-0.3, -0.25) is 15.2 Å². The molecule has 0 spiro atoms. The molecule has 1 aromatic carbocycles. The quantitative estimate of drug-likeness (QED) is 0.807. The molecule has 2 aliphatic heterocycles. The number of nitrogens with zero attached hydrogens (tertiary/aromatic N) is 2. The molecular weight excluding hydrogens is 342 g/mol. The van der Waals surface area contributed by atoms with Crippen LogP contribution in [-0.4, -0.2) is 67.0 Å². The second kappa shape index (κ2) is 6.45. The van der Waals surface area contributed by atoms with Crippen LogP contribution in [0.2, 0.25) is 0 Å². The molecule has 0 bridgehead atoms. The van der Waals surface area contributed by atoms with Gasteiger partial charge in [0.05, 0.1) is 13.7 Å². The Morgan fingerprint density at radius 1 is 1.36 bits per heavy atom. The number of aromatic hydroxyl groups is 1. The zero-order chi connectivity index (χ0) is 18.2. The van der Waals surface area contributed by atoms with E-state index in [1.807, 2.05) is 0 Å². The van der Waals surface area contributed by atoms with E-state index < -0.39 is 24.4 Å². The van der Waals surface area contributed by atoms with Crippen LogP contribution in [0.15, 0.2) is 23.2 Å². The summed E-state index contributed by atoms with van der Waals surface area (Å²) in [5.41, 5.74) is -1.82. The SMILES string of the molecule is COc1ccc(C2=NCCN3CCNC3(C(F)(F)C(F)F)C2)c(O)c1. The third kappa shape index (κ3) is 2.85. The fraction of sp³-hybridized carbons (Fsp3) is 0.562. The van der Waals surface area contributed by atoms with Crippen LogP contribution < -0.4 is 10.1 Å². The summed E-state index contributed by atoms with van der Waals surface area (Å²) in [5, 5.41) is 12.8. The van der Waals surface area contributed by atoms with E-state index in [0.29, 0.717) is 5.75 Å². The molecular formula is C16H19F4N3O2. The minimum Gasteiger partial charge on any atom is -0.507 e. The average Bonchev–Trinajstić information content (AvgIpc) is 2.89. The number of hydrogen-bond acceptors (Lipinski definition) is 5. The van der Waals surface area contributed by atoms with E-state index in [9.17, 15) is 22.7 Å². The molecule has 0 radical (unpaired) electrons. The van der Waals surface area contributed by atoms with Crippen molar-refractivity contribution in [2.45, 2.75) is 24.4 Å². The molecule has 1 atom stereocenters. The Kier molecular flexibility index (Phi) is 4.63. The van der Waals surface area contributed by atoms with Crippen LogP contribution in [0.1, 0.15) is 12.0 Å². The number of benzene rings is 1. The Hall–Kier alpha value is -1.87. The van der Waals surface area contributed by atoms with Crippen molar-refractivity contribution in [1.29, 1.82) is 0 Å². The number of rotatable bonds is 4. The highest BCUT2D eigenvalue weighted by Gasteiger charge is 2.65. The highest BCUT2D eigenvalue weighted by atomic mass is 19.3. The molecule has 1 saturated heterocycles. The van der Waals surface area contributed by atoms with E-state index in [1.54, 1.807) is 6.07 Å². The summed E-state index contributed by atoms with van der Waals surface area (Å²) in [4.78, 5) is 5.60. The summed E-state index contributed by atoms with van der Waals surface area (Å²) in [6, 6.07) is 4.38. The zero-order valence-corrected chi connectivity index (χ0v) is 13.6. The standard InChI is InChI=1S/C16H19F4N3O2/c1-25-10-2-3-11(13(24)8-10)12-9-15(16(19,20)14(17)18)22-5-7-23(15)6-4-21-12/h2-3,8,14,22,24H,4-7,9H2,1H3. The normalized spacial score (nSPS) is 24.8. The number of alkyl halides is 4. The molecule has 0 amide bonds. The van der Waals surface area contributed by atoms with Crippen LogP contribution >= 0.6 is 0 Å². The third-order valence-electron chi connectivity index (χ3n) is 4.78. The van der Waals surface area contributed by atoms with Crippen molar-refractivity contribution in [2.24, 2.45) is 4.99 Å². The minimum absolute atomic E-state index is 0.135. The Balaban J connectivity index is 2.02. The average molecular weight is 361 g/mol. The van der Waals surface area contributed by atoms with Gasteiger partial charge in [0.1, 0.15) is 17.2 Å². The van der Waals surface area contributed by atoms with Crippen molar-refractivity contribution in [3.63, 3.8) is 0 Å². The van der Waals surface area contributed by atoms with Gasteiger partial charge < -0.3 is 9.84 Å². The Morgan fingerprint density at radius 3 is 2.76 bits per heavy atom. The van der Waals surface area contributed by atoms with Crippen LogP contribution in [0.5, 0.6) is 11.5 Å². The molecule has 9 heteroatoms. The van der Waals surface area contributed by atoms with Crippen LogP contribution in [-0.2, 0) is 0 Å². The highest BCUT2D eigenvalue weighted by Crippen LogP contribution is 2.43. The molecule has 25 heavy (non-hydrogen) atoms. The van der Waals surface area contributed by atoms with Gasteiger partial charge >= 0.3 is 12.3 Å². The van der Waals surface area contributed by atoms with Crippen LogP contribution in [0, 0.1) is 0 Å². The first-order valence-electron chi connectivity index (χ1n) is 7.88. The molecule has 2 aliphatic rings. The lowest BCUT2D eigenvalue weighted by molar-refractivity contribution is -0.212. The lowest BCUT2D eigenvalue weighted by Crippen LogP contribution is -2.67. The summed E-state index contributed by atoms with van der Waals surface area (Å²) < 4.78 is 60.2. The number of hydrogen-bond donors (Lipinski definition) is 2. The van der Waals surface area contributed by atoms with Crippen molar-refractivity contribution < 1.29 is 27.4 Å². The number of phenols is 1. The van der Waals surface area contributed by atoms with Gasteiger partial charge in [-0.1, -0.05) is 0 Å². The topological polar surface area (TPSA) is 57.1 Å². The maximum atomic E-state index is 14.5. The number of ether oxygens (including phenoxy) is 1. The van der Waals surface area contributed by atoms with E-state index >= 15 is 0 Å². The number of fused-ring (bicyclic) bond motifs is 1. The van der Waals surface area contributed by atoms with Gasteiger partial charge in [0.2, 0.25) is 0 Å². The van der Waals surface area contributed by atoms with E-state index in [-0.39, 0.29) is 43.2 Å². The van der Waals surface area contributed by atoms with Crippen molar-refractivity contribution >= 4 is 5.71 Å². The molecule has 0 saturated carbocycles. The summed E-state index contributed by atoms with van der Waals surface area (Å²) in [7, 11) is 1.43. The first-order chi connectivity index (χ1) is 11.8. The molecule has 2 heterocycles. The molecule has 1 fully saturated rings. The van der Waals surface area contributed by atoms with Gasteiger partial charge in [0.25, 0.3) is 0 Å². The Bertz CT molecular complexity index is 683. The lowest BCUT2D eigenvalue weighted by atomic mass is 9.91. The number of aliphatic imine (C=N–C) groups is 1. The van der Waals surface area contributed by atoms with Crippen molar-refractivity contribution in [2.75, 3.05) is 33.3 Å². The van der Waals surface area contributed by atoms with Crippen LogP contribution in [0.25, 0.3) is 0 Å². The van der Waals surface area contributed by atoms with E-state index in [2.05, 4.69) is 10.3 Å². The predicted octanol–water partition coefficient (Wildman–Crippen LogP) is 2.10. The van der Waals surface area contributed by atoms with Crippen molar-refractivity contribution in [1.82, 2.24) is 10.2 Å². The second-order valence-electron chi connectivity index (χ2n) is 6.09. The van der Waals surface area contributed by atoms with Crippen LogP contribution in [0.3, 0.4) is 0 Å². The van der Waals surface area contributed by atoms with Gasteiger partial charge in [-0.05, 0) is 12.1 Å². The molecule has 5 nitrogen and oxygen atoms in total. The maximum absolute atomic E-state index is 14.5. The van der Waals surface area contributed by atoms with E-state index in [0.717, 1.165) is 0 Å². The number of halogens is 4. The third-order valence-corrected chi connectivity index (χ3v) is 4.78. The largest absolute Gasteiger partial charge is 0.507 e. The molecule has 0 aliphatic carbocycles. The Labute approximate surface area is 142 Å². The molecule has 3 rings (SSSR count). The number of methoxy groups -OCH3 is 1. The Morgan fingerprint density at radius 2 is 2.12 bits per heavy atom. The smallest absolute Gasteiger partial charge is 0.338 e. The van der Waals surface area contributed by atoms with Crippen LogP contribution in [0.4, 0.5) is 17.6 Å². The zero-order valence-electron chi connectivity index (χ0n) is 13.6. The minimum atomic E-state index is -4.27. The van der Waals surface area contributed by atoms with Gasteiger partial charge in [-0.15, -0.1) is 0 Å². The number of phenolic OH excluding ortho intramolecular Hbond substituents is 1. The summed E-state index contributed by atoms with van der Waals surface area (Å²) in [6.07, 6.45) is -4.26. The van der Waals surface area contributed by atoms with Gasteiger partial charge in [0.15, 0.2) is 0 Å². The monoisotopic (exact) mass is 361 g/mol. The fourth-order valence-electron chi connectivity index (χ4n) is 3.47. The molecule has 1 unspecified atom stereocenters. The summed E-state index contributed by atoms with van der Waals surface area (Å²) in [6.45, 7) is 0.739. The molecule has 0 aromatic heterocycles. The van der Waals surface area contributed by atoms with Gasteiger partial charge in [-0.25, -0.2) is 8.78 Å². The fourth-order valence-corrected chi connectivity index (χ4v) is 3.47. The number of nitrogens with one attached hydrogen (secondary N) is 1. The van der Waals surface area contributed by atoms with Gasteiger partial charge in [-0.2, -0.15) is 8.78 Å². The van der Waals surface area contributed by atoms with E-state index in [1.165, 1.54) is 24.1 Å². The first kappa shape index (κ1) is 17.9. The van der Waals surface area contributed by atoms with E-state index in [4.69, 9.17) is 4.74 Å². The maximum Gasteiger partial charge on any atom is 0.338 e. The predicted molar refractivity (Wildman–Crippen MR) is 83.9 cm³/mol. The molecule has 2 N–H and O–H groups in total. The first-order valence-corrected chi connectivity index (χ1v) is 7.88. The van der Waals surface area contributed by atoms with Gasteiger partial charge in [0, 0.05) is 43.4 Å². The van der Waals surface area contributed by atoms with Crippen molar-refractivity contribution in [3.8, 4) is 11.5 Å². The van der Waals surface area contributed by atoms with Crippen molar-refractivity contribution in [3.05, 3.63) is 23.8 Å². The highest BCUT2D eigenvalue weighted by molar-refractivity contribution is 6.03. The molecule has 1 aromatic rings.